The average Bonchev–Trinajstić information content (AvgIpc) is 2.48. The van der Waals surface area contributed by atoms with E-state index in [1.807, 2.05) is 13.0 Å². The van der Waals surface area contributed by atoms with Gasteiger partial charge in [0, 0.05) is 11.4 Å². The van der Waals surface area contributed by atoms with Crippen molar-refractivity contribution in [3.8, 4) is 6.07 Å². The number of hydrogen-bond donors (Lipinski definition) is 2. The minimum atomic E-state index is -0.368. The molecule has 0 aliphatic carbocycles. The Labute approximate surface area is 132 Å². The van der Waals surface area contributed by atoms with Crippen LogP contribution in [-0.4, -0.2) is 12.5 Å². The van der Waals surface area contributed by atoms with Crippen molar-refractivity contribution in [1.29, 1.82) is 5.26 Å². The summed E-state index contributed by atoms with van der Waals surface area (Å²) in [5, 5.41) is 14.6. The number of aryl methyl sites for hydroxylation is 1. The number of halogens is 2. The van der Waals surface area contributed by atoms with Gasteiger partial charge in [0.1, 0.15) is 11.9 Å². The molecule has 0 spiro atoms. The summed E-state index contributed by atoms with van der Waals surface area (Å²) in [7, 11) is 0. The first-order valence-electron chi connectivity index (χ1n) is 6.49. The van der Waals surface area contributed by atoms with Gasteiger partial charge in [0.15, 0.2) is 0 Å². The molecule has 2 aromatic carbocycles. The molecule has 0 fully saturated rings. The van der Waals surface area contributed by atoms with E-state index in [0.29, 0.717) is 16.9 Å². The van der Waals surface area contributed by atoms with Crippen molar-refractivity contribution in [2.24, 2.45) is 0 Å². The number of anilines is 2. The molecule has 0 saturated heterocycles. The maximum absolute atomic E-state index is 13.2. The Hall–Kier alpha value is -2.58. The summed E-state index contributed by atoms with van der Waals surface area (Å²) in [6.07, 6.45) is 0. The molecule has 0 saturated carbocycles. The molecule has 22 heavy (non-hydrogen) atoms. The summed E-state index contributed by atoms with van der Waals surface area (Å²) in [6, 6.07) is 10.9. The van der Waals surface area contributed by atoms with E-state index >= 15 is 0 Å². The van der Waals surface area contributed by atoms with Gasteiger partial charge >= 0.3 is 0 Å². The van der Waals surface area contributed by atoms with Crippen LogP contribution in [0.5, 0.6) is 0 Å². The van der Waals surface area contributed by atoms with Crippen LogP contribution < -0.4 is 10.6 Å². The molecule has 112 valence electrons. The lowest BCUT2D eigenvalue weighted by Gasteiger charge is -2.10. The standard InChI is InChI=1S/C16H13ClFN3O/c1-10-2-4-12(18)6-15(10)20-9-16(22)21-13-5-3-11(8-19)14(17)7-13/h2-7,20H,9H2,1H3,(H,21,22). The fourth-order valence-electron chi connectivity index (χ4n) is 1.85. The maximum Gasteiger partial charge on any atom is 0.243 e. The number of nitrogens with one attached hydrogen (secondary N) is 2. The lowest BCUT2D eigenvalue weighted by molar-refractivity contribution is -0.114. The van der Waals surface area contributed by atoms with Gasteiger partial charge in [-0.1, -0.05) is 17.7 Å². The van der Waals surface area contributed by atoms with Gasteiger partial charge in [0.05, 0.1) is 17.1 Å². The first-order chi connectivity index (χ1) is 10.5. The van der Waals surface area contributed by atoms with E-state index in [9.17, 15) is 9.18 Å². The largest absolute Gasteiger partial charge is 0.376 e. The lowest BCUT2D eigenvalue weighted by atomic mass is 10.2. The Morgan fingerprint density at radius 1 is 1.32 bits per heavy atom. The van der Waals surface area contributed by atoms with Crippen LogP contribution in [0.2, 0.25) is 5.02 Å². The Morgan fingerprint density at radius 2 is 2.09 bits per heavy atom. The molecule has 0 aromatic heterocycles. The smallest absolute Gasteiger partial charge is 0.243 e. The first kappa shape index (κ1) is 15.8. The van der Waals surface area contributed by atoms with Gasteiger partial charge < -0.3 is 10.6 Å². The summed E-state index contributed by atoms with van der Waals surface area (Å²) in [6.45, 7) is 1.81. The van der Waals surface area contributed by atoms with Crippen molar-refractivity contribution in [3.05, 3.63) is 58.4 Å². The van der Waals surface area contributed by atoms with Crippen LogP contribution in [0.4, 0.5) is 15.8 Å². The number of nitrogens with zero attached hydrogens (tertiary/aromatic N) is 1. The zero-order chi connectivity index (χ0) is 16.1. The Bertz CT molecular complexity index is 756. The molecule has 0 aliphatic heterocycles. The molecule has 2 aromatic rings. The molecule has 0 radical (unpaired) electrons. The van der Waals surface area contributed by atoms with E-state index in [1.54, 1.807) is 12.1 Å². The molecule has 0 heterocycles. The zero-order valence-electron chi connectivity index (χ0n) is 11.8. The highest BCUT2D eigenvalue weighted by molar-refractivity contribution is 6.32. The second-order valence-electron chi connectivity index (χ2n) is 4.67. The summed E-state index contributed by atoms with van der Waals surface area (Å²) in [5.74, 6) is -0.670. The van der Waals surface area contributed by atoms with Crippen molar-refractivity contribution in [1.82, 2.24) is 0 Å². The molecule has 4 nitrogen and oxygen atoms in total. The minimum Gasteiger partial charge on any atom is -0.376 e. The van der Waals surface area contributed by atoms with Crippen molar-refractivity contribution in [2.45, 2.75) is 6.92 Å². The Morgan fingerprint density at radius 3 is 2.77 bits per heavy atom. The molecule has 0 atom stereocenters. The highest BCUT2D eigenvalue weighted by Crippen LogP contribution is 2.20. The Balaban J connectivity index is 1.97. The van der Waals surface area contributed by atoms with Gasteiger partial charge in [-0.3, -0.25) is 4.79 Å². The molecule has 2 N–H and O–H groups in total. The number of hydrogen-bond acceptors (Lipinski definition) is 3. The van der Waals surface area contributed by atoms with Gasteiger partial charge in [-0.05, 0) is 42.8 Å². The molecule has 0 aliphatic rings. The highest BCUT2D eigenvalue weighted by Gasteiger charge is 2.06. The third kappa shape index (κ3) is 3.96. The fourth-order valence-corrected chi connectivity index (χ4v) is 2.07. The van der Waals surface area contributed by atoms with Gasteiger partial charge in [0.25, 0.3) is 0 Å². The minimum absolute atomic E-state index is 0.0120. The zero-order valence-corrected chi connectivity index (χ0v) is 12.5. The van der Waals surface area contributed by atoms with Gasteiger partial charge in [-0.2, -0.15) is 5.26 Å². The third-order valence-electron chi connectivity index (χ3n) is 3.01. The fraction of sp³-hybridized carbons (Fsp3) is 0.125. The van der Waals surface area contributed by atoms with Crippen LogP contribution >= 0.6 is 11.6 Å². The number of nitriles is 1. The predicted molar refractivity (Wildman–Crippen MR) is 84.4 cm³/mol. The Kier molecular flexibility index (Phi) is 4.97. The van der Waals surface area contributed by atoms with Crippen LogP contribution in [0.3, 0.4) is 0 Å². The summed E-state index contributed by atoms with van der Waals surface area (Å²) < 4.78 is 13.2. The van der Waals surface area contributed by atoms with Crippen LogP contribution in [0, 0.1) is 24.1 Å². The number of carbonyl (C=O) groups is 1. The molecular formula is C16H13ClFN3O. The van der Waals surface area contributed by atoms with E-state index in [2.05, 4.69) is 10.6 Å². The van der Waals surface area contributed by atoms with E-state index in [-0.39, 0.29) is 23.3 Å². The monoisotopic (exact) mass is 317 g/mol. The van der Waals surface area contributed by atoms with Crippen LogP contribution in [0.25, 0.3) is 0 Å². The van der Waals surface area contributed by atoms with Gasteiger partial charge in [-0.15, -0.1) is 0 Å². The van der Waals surface area contributed by atoms with Gasteiger partial charge in [-0.25, -0.2) is 4.39 Å². The van der Waals surface area contributed by atoms with E-state index in [4.69, 9.17) is 16.9 Å². The highest BCUT2D eigenvalue weighted by atomic mass is 35.5. The van der Waals surface area contributed by atoms with Crippen LogP contribution in [0.1, 0.15) is 11.1 Å². The molecule has 0 bridgehead atoms. The second kappa shape index (κ2) is 6.92. The summed E-state index contributed by atoms with van der Waals surface area (Å²) in [5.41, 5.74) is 2.24. The number of rotatable bonds is 4. The first-order valence-corrected chi connectivity index (χ1v) is 6.87. The van der Waals surface area contributed by atoms with Gasteiger partial charge in [0.2, 0.25) is 5.91 Å². The molecule has 1 amide bonds. The quantitative estimate of drug-likeness (QED) is 0.903. The van der Waals surface area contributed by atoms with Crippen molar-refractivity contribution < 1.29 is 9.18 Å². The molecule has 6 heteroatoms. The van der Waals surface area contributed by atoms with Crippen molar-refractivity contribution in [3.63, 3.8) is 0 Å². The predicted octanol–water partition coefficient (Wildman–Crippen LogP) is 3.71. The van der Waals surface area contributed by atoms with Crippen LogP contribution in [0.15, 0.2) is 36.4 Å². The number of benzene rings is 2. The molecular weight excluding hydrogens is 305 g/mol. The number of amides is 1. The second-order valence-corrected chi connectivity index (χ2v) is 5.07. The van der Waals surface area contributed by atoms with Crippen molar-refractivity contribution >= 4 is 28.9 Å². The van der Waals surface area contributed by atoms with Crippen LogP contribution in [-0.2, 0) is 4.79 Å². The summed E-state index contributed by atoms with van der Waals surface area (Å²) >= 11 is 5.89. The molecule has 0 unspecified atom stereocenters. The van der Waals surface area contributed by atoms with Crippen molar-refractivity contribution in [2.75, 3.05) is 17.2 Å². The SMILES string of the molecule is Cc1ccc(F)cc1NCC(=O)Nc1ccc(C#N)c(Cl)c1. The average molecular weight is 318 g/mol. The van der Waals surface area contributed by atoms with E-state index in [0.717, 1.165) is 5.56 Å². The summed E-state index contributed by atoms with van der Waals surface area (Å²) in [4.78, 5) is 11.9. The maximum atomic E-state index is 13.2. The lowest BCUT2D eigenvalue weighted by Crippen LogP contribution is -2.22. The van der Waals surface area contributed by atoms with E-state index < -0.39 is 0 Å². The topological polar surface area (TPSA) is 64.9 Å². The molecule has 2 rings (SSSR count). The number of carbonyl (C=O) groups excluding carboxylic acids is 1. The third-order valence-corrected chi connectivity index (χ3v) is 3.33. The van der Waals surface area contributed by atoms with E-state index in [1.165, 1.54) is 24.3 Å². The normalized spacial score (nSPS) is 9.91.